The van der Waals surface area contributed by atoms with Crippen LogP contribution in [0, 0.1) is 0 Å². The van der Waals surface area contributed by atoms with Crippen molar-refractivity contribution in [1.82, 2.24) is 4.90 Å². The Bertz CT molecular complexity index is 732. The lowest BCUT2D eigenvalue weighted by Gasteiger charge is -2.13. The molecule has 0 unspecified atom stereocenters. The summed E-state index contributed by atoms with van der Waals surface area (Å²) in [4.78, 5) is 25.8. The van der Waals surface area contributed by atoms with E-state index >= 15 is 0 Å². The average Bonchev–Trinajstić information content (AvgIpc) is 2.89. The molecule has 1 fully saturated rings. The number of hydrogen-bond donors (Lipinski definition) is 1. The lowest BCUT2D eigenvalue weighted by molar-refractivity contribution is -0.140. The zero-order chi connectivity index (χ0) is 19.1. The molecule has 0 spiro atoms. The maximum absolute atomic E-state index is 12.6. The molecule has 1 aliphatic rings. The summed E-state index contributed by atoms with van der Waals surface area (Å²) in [6.45, 7) is 0.530. The van der Waals surface area contributed by atoms with Crippen molar-refractivity contribution in [2.24, 2.45) is 0 Å². The Morgan fingerprint density at radius 3 is 2.77 bits per heavy atom. The Balaban J connectivity index is 1.94. The normalized spacial score (nSPS) is 15.6. The van der Waals surface area contributed by atoms with Gasteiger partial charge in [0.1, 0.15) is 4.32 Å². The minimum Gasteiger partial charge on any atom is -0.504 e. The molecule has 0 aliphatic carbocycles. The van der Waals surface area contributed by atoms with E-state index in [1.165, 1.54) is 32.0 Å². The Hall–Kier alpha value is -2.06. The van der Waals surface area contributed by atoms with Gasteiger partial charge < -0.3 is 14.6 Å². The number of unbranched alkanes of at least 4 members (excludes halogenated alkanes) is 2. The zero-order valence-electron chi connectivity index (χ0n) is 14.7. The number of aromatic hydroxyl groups is 1. The van der Waals surface area contributed by atoms with E-state index in [-0.39, 0.29) is 17.6 Å². The number of thiocarbonyl (C=S) groups is 1. The van der Waals surface area contributed by atoms with Crippen molar-refractivity contribution in [3.8, 4) is 11.5 Å². The fraction of sp³-hybridized carbons (Fsp3) is 0.389. The summed E-state index contributed by atoms with van der Waals surface area (Å²) in [5, 5.41) is 9.65. The van der Waals surface area contributed by atoms with Gasteiger partial charge in [0.15, 0.2) is 11.5 Å². The Morgan fingerprint density at radius 2 is 2.08 bits per heavy atom. The summed E-state index contributed by atoms with van der Waals surface area (Å²) in [6, 6.07) is 4.89. The van der Waals surface area contributed by atoms with Crippen LogP contribution in [0.25, 0.3) is 6.08 Å². The van der Waals surface area contributed by atoms with Crippen LogP contribution in [0.3, 0.4) is 0 Å². The van der Waals surface area contributed by atoms with Crippen LogP contribution in [0.1, 0.15) is 31.2 Å². The minimum absolute atomic E-state index is 0.0455. The number of thioether (sulfide) groups is 1. The van der Waals surface area contributed by atoms with E-state index in [1.54, 1.807) is 23.1 Å². The maximum Gasteiger partial charge on any atom is 0.305 e. The van der Waals surface area contributed by atoms with E-state index in [2.05, 4.69) is 4.74 Å². The van der Waals surface area contributed by atoms with Gasteiger partial charge in [-0.25, -0.2) is 0 Å². The van der Waals surface area contributed by atoms with Crippen LogP contribution in [0.5, 0.6) is 11.5 Å². The molecule has 0 atom stereocenters. The number of carbonyl (C=O) groups excluding carboxylic acids is 2. The molecule has 2 rings (SSSR count). The molecule has 1 aliphatic heterocycles. The van der Waals surface area contributed by atoms with E-state index in [0.717, 1.165) is 24.8 Å². The smallest absolute Gasteiger partial charge is 0.305 e. The number of esters is 1. The molecule has 0 bridgehead atoms. The lowest BCUT2D eigenvalue weighted by atomic mass is 10.1. The first kappa shape index (κ1) is 20.3. The van der Waals surface area contributed by atoms with Crippen LogP contribution in [-0.2, 0) is 14.3 Å². The van der Waals surface area contributed by atoms with Crippen molar-refractivity contribution >= 4 is 46.3 Å². The summed E-state index contributed by atoms with van der Waals surface area (Å²) < 4.78 is 10.2. The number of phenolic OH excluding ortho intramolecular Hbond substituents is 1. The summed E-state index contributed by atoms with van der Waals surface area (Å²) in [7, 11) is 2.84. The van der Waals surface area contributed by atoms with E-state index in [1.807, 2.05) is 0 Å². The average molecular weight is 396 g/mol. The number of benzene rings is 1. The van der Waals surface area contributed by atoms with Gasteiger partial charge in [-0.15, -0.1) is 0 Å². The molecule has 0 aromatic heterocycles. The number of carbonyl (C=O) groups is 2. The molecule has 8 heteroatoms. The Labute approximate surface area is 162 Å². The second kappa shape index (κ2) is 9.59. The highest BCUT2D eigenvalue weighted by atomic mass is 32.2. The Morgan fingerprint density at radius 1 is 1.31 bits per heavy atom. The van der Waals surface area contributed by atoms with Crippen molar-refractivity contribution in [1.29, 1.82) is 0 Å². The van der Waals surface area contributed by atoms with Crippen LogP contribution in [0.4, 0.5) is 0 Å². The number of rotatable bonds is 8. The molecule has 1 saturated heterocycles. The van der Waals surface area contributed by atoms with Crippen molar-refractivity contribution in [3.63, 3.8) is 0 Å². The third kappa shape index (κ3) is 5.22. The van der Waals surface area contributed by atoms with Crippen molar-refractivity contribution < 1.29 is 24.2 Å². The topological polar surface area (TPSA) is 76.1 Å². The number of ether oxygens (including phenoxy) is 2. The number of nitrogens with zero attached hydrogens (tertiary/aromatic N) is 1. The second-order valence-corrected chi connectivity index (χ2v) is 7.33. The largest absolute Gasteiger partial charge is 0.504 e. The second-order valence-electron chi connectivity index (χ2n) is 5.65. The van der Waals surface area contributed by atoms with E-state index in [0.29, 0.717) is 27.9 Å². The molecule has 26 heavy (non-hydrogen) atoms. The van der Waals surface area contributed by atoms with Gasteiger partial charge in [0.25, 0.3) is 5.91 Å². The van der Waals surface area contributed by atoms with Crippen molar-refractivity contribution in [2.45, 2.75) is 25.7 Å². The van der Waals surface area contributed by atoms with Gasteiger partial charge in [-0.3, -0.25) is 14.5 Å². The standard InChI is InChI=1S/C18H21NO5S2/c1-23-14-10-12(7-8-13(14)20)11-15-17(22)19(18(25)26-15)9-5-3-4-6-16(21)24-2/h7-8,10-11,20H,3-6,9H2,1-2H3. The monoisotopic (exact) mass is 395 g/mol. The molecule has 1 aromatic rings. The fourth-order valence-corrected chi connectivity index (χ4v) is 3.75. The number of hydrogen-bond acceptors (Lipinski definition) is 7. The van der Waals surface area contributed by atoms with E-state index in [4.69, 9.17) is 17.0 Å². The van der Waals surface area contributed by atoms with Crippen LogP contribution in [0.15, 0.2) is 23.1 Å². The minimum atomic E-state index is -0.220. The van der Waals surface area contributed by atoms with Gasteiger partial charge in [-0.2, -0.15) is 0 Å². The van der Waals surface area contributed by atoms with Gasteiger partial charge in [0, 0.05) is 13.0 Å². The predicted octanol–water partition coefficient (Wildman–Crippen LogP) is 3.34. The zero-order valence-corrected chi connectivity index (χ0v) is 16.3. The van der Waals surface area contributed by atoms with Crippen LogP contribution >= 0.6 is 24.0 Å². The summed E-state index contributed by atoms with van der Waals surface area (Å²) >= 11 is 6.57. The third-order valence-electron chi connectivity index (χ3n) is 3.87. The highest BCUT2D eigenvalue weighted by Crippen LogP contribution is 2.34. The molecule has 1 N–H and O–H groups in total. The quantitative estimate of drug-likeness (QED) is 0.313. The maximum atomic E-state index is 12.6. The molecular weight excluding hydrogens is 374 g/mol. The van der Waals surface area contributed by atoms with Crippen molar-refractivity contribution in [2.75, 3.05) is 20.8 Å². The summed E-state index contributed by atoms with van der Waals surface area (Å²) in [5.74, 6) is 0.0480. The third-order valence-corrected chi connectivity index (χ3v) is 5.24. The summed E-state index contributed by atoms with van der Waals surface area (Å²) in [6.07, 6.45) is 4.44. The first-order chi connectivity index (χ1) is 12.5. The first-order valence-corrected chi connectivity index (χ1v) is 9.38. The predicted molar refractivity (Wildman–Crippen MR) is 105 cm³/mol. The summed E-state index contributed by atoms with van der Waals surface area (Å²) in [5.41, 5.74) is 0.748. The molecule has 0 radical (unpaired) electrons. The lowest BCUT2D eigenvalue weighted by Crippen LogP contribution is -2.29. The number of phenols is 1. The molecule has 140 valence electrons. The molecule has 1 heterocycles. The van der Waals surface area contributed by atoms with Gasteiger partial charge >= 0.3 is 5.97 Å². The van der Waals surface area contributed by atoms with Crippen LogP contribution in [0.2, 0.25) is 0 Å². The highest BCUT2D eigenvalue weighted by Gasteiger charge is 2.31. The fourth-order valence-electron chi connectivity index (χ4n) is 2.45. The van der Waals surface area contributed by atoms with Gasteiger partial charge in [-0.05, 0) is 36.6 Å². The number of amides is 1. The van der Waals surface area contributed by atoms with Gasteiger partial charge in [0.2, 0.25) is 0 Å². The van der Waals surface area contributed by atoms with Crippen LogP contribution < -0.4 is 4.74 Å². The molecule has 6 nitrogen and oxygen atoms in total. The van der Waals surface area contributed by atoms with Crippen molar-refractivity contribution in [3.05, 3.63) is 28.7 Å². The first-order valence-electron chi connectivity index (χ1n) is 8.15. The van der Waals surface area contributed by atoms with Crippen LogP contribution in [-0.4, -0.2) is 47.0 Å². The Kier molecular flexibility index (Phi) is 7.47. The molecule has 1 amide bonds. The SMILES string of the molecule is COC(=O)CCCCCN1C(=O)C(=Cc2ccc(O)c(OC)c2)SC1=S. The van der Waals surface area contributed by atoms with Gasteiger partial charge in [0.05, 0.1) is 19.1 Å². The highest BCUT2D eigenvalue weighted by molar-refractivity contribution is 8.26. The molecule has 0 saturated carbocycles. The molecule has 1 aromatic carbocycles. The van der Waals surface area contributed by atoms with E-state index < -0.39 is 0 Å². The van der Waals surface area contributed by atoms with Gasteiger partial charge in [-0.1, -0.05) is 36.5 Å². The molecular formula is C18H21NO5S2. The number of methoxy groups -OCH3 is 2. The van der Waals surface area contributed by atoms with E-state index in [9.17, 15) is 14.7 Å².